The number of Topliss-reactive ketones (excluding diaryl/α,β-unsaturated/α-hetero) is 1. The molecule has 7 heteroatoms. The minimum Gasteiger partial charge on any atom is -0.451 e. The highest BCUT2D eigenvalue weighted by Gasteiger charge is 2.28. The van der Waals surface area contributed by atoms with E-state index in [2.05, 4.69) is 10.6 Å². The summed E-state index contributed by atoms with van der Waals surface area (Å²) < 4.78 is 5.38. The summed E-state index contributed by atoms with van der Waals surface area (Å²) >= 11 is 0. The van der Waals surface area contributed by atoms with Crippen molar-refractivity contribution in [2.24, 2.45) is 0 Å². The Balaban J connectivity index is 1.69. The fourth-order valence-corrected chi connectivity index (χ4v) is 3.06. The van der Waals surface area contributed by atoms with Gasteiger partial charge in [-0.2, -0.15) is 0 Å². The van der Waals surface area contributed by atoms with Gasteiger partial charge in [0.1, 0.15) is 0 Å². The van der Waals surface area contributed by atoms with Crippen LogP contribution in [0.25, 0.3) is 0 Å². The van der Waals surface area contributed by atoms with Crippen molar-refractivity contribution in [1.29, 1.82) is 0 Å². The van der Waals surface area contributed by atoms with Crippen molar-refractivity contribution in [2.75, 3.05) is 5.32 Å². The summed E-state index contributed by atoms with van der Waals surface area (Å²) in [4.78, 5) is 49.5. The van der Waals surface area contributed by atoms with Gasteiger partial charge in [0.25, 0.3) is 11.8 Å². The van der Waals surface area contributed by atoms with Gasteiger partial charge < -0.3 is 15.4 Å². The van der Waals surface area contributed by atoms with Crippen LogP contribution in [0.1, 0.15) is 46.2 Å². The Kier molecular flexibility index (Phi) is 7.70. The minimum absolute atomic E-state index is 0.0836. The summed E-state index contributed by atoms with van der Waals surface area (Å²) in [5.74, 6) is -1.83. The van der Waals surface area contributed by atoms with E-state index in [0.717, 1.165) is 0 Å². The van der Waals surface area contributed by atoms with Crippen LogP contribution in [0.4, 0.5) is 5.69 Å². The van der Waals surface area contributed by atoms with Crippen LogP contribution in [0.5, 0.6) is 0 Å². The van der Waals surface area contributed by atoms with Crippen molar-refractivity contribution in [2.45, 2.75) is 26.0 Å². The summed E-state index contributed by atoms with van der Waals surface area (Å²) in [6, 6.07) is 22.4. The molecule has 3 aromatic rings. The van der Waals surface area contributed by atoms with Crippen LogP contribution < -0.4 is 10.6 Å². The van der Waals surface area contributed by atoms with Crippen molar-refractivity contribution in [3.63, 3.8) is 0 Å². The Labute approximate surface area is 191 Å². The summed E-state index contributed by atoms with van der Waals surface area (Å²) in [5, 5.41) is 5.33. The van der Waals surface area contributed by atoms with Gasteiger partial charge in [0.2, 0.25) is 0 Å². The van der Waals surface area contributed by atoms with Crippen molar-refractivity contribution in [1.82, 2.24) is 5.32 Å². The van der Waals surface area contributed by atoms with Crippen LogP contribution in [-0.2, 0) is 14.3 Å². The number of esters is 1. The number of rotatable bonds is 8. The average molecular weight is 444 g/mol. The van der Waals surface area contributed by atoms with E-state index in [4.69, 9.17) is 4.74 Å². The predicted molar refractivity (Wildman–Crippen MR) is 124 cm³/mol. The maximum Gasteiger partial charge on any atom is 0.334 e. The maximum atomic E-state index is 12.9. The molecule has 2 unspecified atom stereocenters. The zero-order valence-corrected chi connectivity index (χ0v) is 18.3. The first kappa shape index (κ1) is 23.4. The van der Waals surface area contributed by atoms with Crippen LogP contribution in [0.3, 0.4) is 0 Å². The summed E-state index contributed by atoms with van der Waals surface area (Å²) in [6.07, 6.45) is -1.12. The third-order valence-corrected chi connectivity index (χ3v) is 4.90. The Morgan fingerprint density at radius 1 is 0.758 bits per heavy atom. The number of ether oxygens (including phenoxy) is 1. The lowest BCUT2D eigenvalue weighted by Crippen LogP contribution is -2.38. The quantitative estimate of drug-likeness (QED) is 0.405. The zero-order chi connectivity index (χ0) is 23.8. The molecule has 0 fully saturated rings. The molecule has 0 aliphatic carbocycles. The van der Waals surface area contributed by atoms with Gasteiger partial charge in [-0.05, 0) is 55.8 Å². The molecule has 0 aromatic heterocycles. The molecule has 2 amide bonds. The Morgan fingerprint density at radius 3 is 1.91 bits per heavy atom. The van der Waals surface area contributed by atoms with E-state index in [1.807, 2.05) is 0 Å². The Bertz CT molecular complexity index is 1130. The Morgan fingerprint density at radius 2 is 1.33 bits per heavy atom. The highest BCUT2D eigenvalue weighted by atomic mass is 16.5. The molecule has 0 bridgehead atoms. The molecule has 3 rings (SSSR count). The standard InChI is InChI=1S/C26H24N2O5/c1-17(29)19-13-15-22(16-14-19)27-24(30)18(2)33-26(32)23(20-9-5-3-6-10-20)28-25(31)21-11-7-4-8-12-21/h3-16,18,23H,1-2H3,(H,27,30)(H,28,31). The number of nitrogens with one attached hydrogen (secondary N) is 2. The van der Waals surface area contributed by atoms with Gasteiger partial charge in [-0.15, -0.1) is 0 Å². The molecule has 2 N–H and O–H groups in total. The van der Waals surface area contributed by atoms with E-state index in [1.54, 1.807) is 84.9 Å². The van der Waals surface area contributed by atoms with Crippen LogP contribution >= 0.6 is 0 Å². The maximum absolute atomic E-state index is 12.9. The summed E-state index contributed by atoms with van der Waals surface area (Å²) in [7, 11) is 0. The topological polar surface area (TPSA) is 102 Å². The largest absolute Gasteiger partial charge is 0.451 e. The van der Waals surface area contributed by atoms with Gasteiger partial charge in [-0.1, -0.05) is 48.5 Å². The van der Waals surface area contributed by atoms with Gasteiger partial charge in [0.05, 0.1) is 0 Å². The van der Waals surface area contributed by atoms with E-state index >= 15 is 0 Å². The second-order valence-corrected chi connectivity index (χ2v) is 7.39. The van der Waals surface area contributed by atoms with E-state index in [-0.39, 0.29) is 5.78 Å². The number of carbonyl (C=O) groups excluding carboxylic acids is 4. The lowest BCUT2D eigenvalue weighted by Gasteiger charge is -2.21. The lowest BCUT2D eigenvalue weighted by atomic mass is 10.1. The van der Waals surface area contributed by atoms with Crippen molar-refractivity contribution in [3.8, 4) is 0 Å². The molecular formula is C26H24N2O5. The molecule has 33 heavy (non-hydrogen) atoms. The minimum atomic E-state index is -1.12. The van der Waals surface area contributed by atoms with Crippen LogP contribution in [0, 0.1) is 0 Å². The molecule has 0 saturated heterocycles. The fraction of sp³-hybridized carbons (Fsp3) is 0.154. The van der Waals surface area contributed by atoms with Gasteiger partial charge >= 0.3 is 5.97 Å². The first-order valence-electron chi connectivity index (χ1n) is 10.4. The number of benzene rings is 3. The van der Waals surface area contributed by atoms with E-state index in [1.165, 1.54) is 13.8 Å². The number of hydrogen-bond acceptors (Lipinski definition) is 5. The monoisotopic (exact) mass is 444 g/mol. The highest BCUT2D eigenvalue weighted by Crippen LogP contribution is 2.17. The molecule has 3 aromatic carbocycles. The van der Waals surface area contributed by atoms with Crippen LogP contribution in [0.2, 0.25) is 0 Å². The molecule has 0 aliphatic heterocycles. The number of carbonyl (C=O) groups is 4. The smallest absolute Gasteiger partial charge is 0.334 e. The molecular weight excluding hydrogens is 420 g/mol. The lowest BCUT2D eigenvalue weighted by molar-refractivity contribution is -0.155. The molecule has 0 radical (unpaired) electrons. The first-order chi connectivity index (χ1) is 15.8. The zero-order valence-electron chi connectivity index (χ0n) is 18.3. The molecule has 168 valence electrons. The first-order valence-corrected chi connectivity index (χ1v) is 10.4. The molecule has 0 spiro atoms. The Hall–Kier alpha value is -4.26. The molecule has 0 aliphatic rings. The van der Waals surface area contributed by atoms with Gasteiger partial charge in [0, 0.05) is 16.8 Å². The van der Waals surface area contributed by atoms with Gasteiger partial charge in [-0.3, -0.25) is 14.4 Å². The molecule has 7 nitrogen and oxygen atoms in total. The van der Waals surface area contributed by atoms with Crippen LogP contribution in [0.15, 0.2) is 84.9 Å². The average Bonchev–Trinajstić information content (AvgIpc) is 2.83. The fourth-order valence-electron chi connectivity index (χ4n) is 3.06. The van der Waals surface area contributed by atoms with Gasteiger partial charge in [0.15, 0.2) is 17.9 Å². The van der Waals surface area contributed by atoms with Crippen molar-refractivity contribution >= 4 is 29.3 Å². The molecule has 2 atom stereocenters. The number of amides is 2. The molecule has 0 heterocycles. The SMILES string of the molecule is CC(=O)c1ccc(NC(=O)C(C)OC(=O)C(NC(=O)c2ccccc2)c2ccccc2)cc1. The number of anilines is 1. The normalized spacial score (nSPS) is 12.2. The third-order valence-electron chi connectivity index (χ3n) is 4.90. The number of hydrogen-bond donors (Lipinski definition) is 2. The number of ketones is 1. The second kappa shape index (κ2) is 10.9. The van der Waals surface area contributed by atoms with Crippen molar-refractivity contribution < 1.29 is 23.9 Å². The summed E-state index contributed by atoms with van der Waals surface area (Å²) in [5.41, 5.74) is 1.91. The van der Waals surface area contributed by atoms with E-state index < -0.39 is 29.9 Å². The van der Waals surface area contributed by atoms with Gasteiger partial charge in [-0.25, -0.2) is 4.79 Å². The summed E-state index contributed by atoms with van der Waals surface area (Å²) in [6.45, 7) is 2.90. The van der Waals surface area contributed by atoms with Crippen LogP contribution in [-0.4, -0.2) is 29.7 Å². The predicted octanol–water partition coefficient (Wildman–Crippen LogP) is 3.93. The second-order valence-electron chi connectivity index (χ2n) is 7.39. The van der Waals surface area contributed by atoms with E-state index in [0.29, 0.717) is 22.4 Å². The van der Waals surface area contributed by atoms with Crippen molar-refractivity contribution in [3.05, 3.63) is 102 Å². The molecule has 0 saturated carbocycles. The third kappa shape index (κ3) is 6.36. The van der Waals surface area contributed by atoms with E-state index in [9.17, 15) is 19.2 Å². The highest BCUT2D eigenvalue weighted by molar-refractivity contribution is 5.99.